The lowest BCUT2D eigenvalue weighted by Gasteiger charge is -2.16. The highest BCUT2D eigenvalue weighted by Crippen LogP contribution is 2.18. The molecule has 0 radical (unpaired) electrons. The van der Waals surface area contributed by atoms with Gasteiger partial charge in [0.1, 0.15) is 19.2 Å². The molecule has 0 aliphatic rings. The van der Waals surface area contributed by atoms with Crippen molar-refractivity contribution < 1.29 is 4.79 Å². The minimum Gasteiger partial charge on any atom is -0.298 e. The highest BCUT2D eigenvalue weighted by molar-refractivity contribution is 5.78. The fourth-order valence-electron chi connectivity index (χ4n) is 1.14. The van der Waals surface area contributed by atoms with E-state index in [1.54, 1.807) is 11.0 Å². The molecule has 0 bridgehead atoms. The van der Waals surface area contributed by atoms with Crippen molar-refractivity contribution in [2.75, 3.05) is 0 Å². The summed E-state index contributed by atoms with van der Waals surface area (Å²) in [4.78, 5) is 15.2. The number of Topliss-reactive ketones (excluding diaryl/α,β-unsaturated/α-hetero) is 1. The minimum absolute atomic E-state index is 0.0532. The summed E-state index contributed by atoms with van der Waals surface area (Å²) < 4.78 is 1.55. The van der Waals surface area contributed by atoms with Crippen molar-refractivity contribution in [3.8, 4) is 0 Å². The first-order valence-electron chi connectivity index (χ1n) is 4.31. The third-order valence-electron chi connectivity index (χ3n) is 1.53. The van der Waals surface area contributed by atoms with Crippen molar-refractivity contribution in [2.24, 2.45) is 5.41 Å². The molecule has 0 saturated carbocycles. The van der Waals surface area contributed by atoms with Gasteiger partial charge >= 0.3 is 0 Å². The molecule has 1 aromatic heterocycles. The van der Waals surface area contributed by atoms with Gasteiger partial charge in [-0.05, 0) is 5.41 Å². The first-order chi connectivity index (χ1) is 5.97. The zero-order valence-corrected chi connectivity index (χ0v) is 8.32. The molecule has 0 aliphatic heterocycles. The molecule has 0 unspecified atom stereocenters. The lowest BCUT2D eigenvalue weighted by Crippen LogP contribution is -2.17. The fourth-order valence-corrected chi connectivity index (χ4v) is 1.14. The maximum Gasteiger partial charge on any atom is 0.154 e. The molecular formula is C9H15N3O. The highest BCUT2D eigenvalue weighted by Gasteiger charge is 2.15. The Bertz CT molecular complexity index is 272. The van der Waals surface area contributed by atoms with E-state index in [-0.39, 0.29) is 11.2 Å². The van der Waals surface area contributed by atoms with Gasteiger partial charge < -0.3 is 0 Å². The summed E-state index contributed by atoms with van der Waals surface area (Å²) in [6.45, 7) is 6.47. The predicted molar refractivity (Wildman–Crippen MR) is 49.1 cm³/mol. The van der Waals surface area contributed by atoms with E-state index >= 15 is 0 Å². The molecule has 1 aromatic rings. The van der Waals surface area contributed by atoms with Crippen LogP contribution in [0.1, 0.15) is 27.2 Å². The summed E-state index contributed by atoms with van der Waals surface area (Å²) in [5.74, 6) is 0.193. The molecule has 0 fully saturated rings. The van der Waals surface area contributed by atoms with Crippen LogP contribution in [0.2, 0.25) is 0 Å². The summed E-state index contributed by atoms with van der Waals surface area (Å²) in [7, 11) is 0. The van der Waals surface area contributed by atoms with Crippen molar-refractivity contribution in [1.29, 1.82) is 0 Å². The van der Waals surface area contributed by atoms with Gasteiger partial charge in [0.15, 0.2) is 5.78 Å². The Morgan fingerprint density at radius 2 is 2.15 bits per heavy atom. The van der Waals surface area contributed by atoms with Gasteiger partial charge in [0.2, 0.25) is 0 Å². The maximum absolute atomic E-state index is 11.4. The van der Waals surface area contributed by atoms with Crippen LogP contribution < -0.4 is 0 Å². The third kappa shape index (κ3) is 3.83. The number of hydrogen-bond acceptors (Lipinski definition) is 3. The second-order valence-corrected chi connectivity index (χ2v) is 4.37. The molecule has 0 spiro atoms. The minimum atomic E-state index is 0.0532. The van der Waals surface area contributed by atoms with E-state index in [2.05, 4.69) is 10.1 Å². The molecule has 4 heteroatoms. The van der Waals surface area contributed by atoms with Crippen molar-refractivity contribution >= 4 is 5.78 Å². The molecule has 1 heterocycles. The number of rotatable bonds is 3. The topological polar surface area (TPSA) is 47.8 Å². The van der Waals surface area contributed by atoms with Crippen LogP contribution in [-0.2, 0) is 11.3 Å². The van der Waals surface area contributed by atoms with Crippen molar-refractivity contribution in [2.45, 2.75) is 33.7 Å². The second kappa shape index (κ2) is 3.68. The number of hydrogen-bond donors (Lipinski definition) is 0. The molecule has 0 aromatic carbocycles. The molecule has 72 valence electrons. The standard InChI is InChI=1S/C9H15N3O/c1-9(2,3)4-8(13)5-12-7-10-6-11-12/h6-7H,4-5H2,1-3H3. The molecule has 0 atom stereocenters. The molecule has 1 rings (SSSR count). The number of nitrogens with zero attached hydrogens (tertiary/aromatic N) is 3. The number of aromatic nitrogens is 3. The zero-order valence-electron chi connectivity index (χ0n) is 8.32. The van der Waals surface area contributed by atoms with Crippen molar-refractivity contribution in [3.63, 3.8) is 0 Å². The van der Waals surface area contributed by atoms with E-state index in [0.29, 0.717) is 13.0 Å². The van der Waals surface area contributed by atoms with E-state index in [1.807, 2.05) is 20.8 Å². The number of ketones is 1. The lowest BCUT2D eigenvalue weighted by atomic mass is 9.90. The predicted octanol–water partition coefficient (Wildman–Crippen LogP) is 1.28. The van der Waals surface area contributed by atoms with E-state index in [9.17, 15) is 4.79 Å². The molecule has 4 nitrogen and oxygen atoms in total. The molecule has 0 aliphatic carbocycles. The van der Waals surface area contributed by atoms with Crippen LogP contribution in [0, 0.1) is 5.41 Å². The van der Waals surface area contributed by atoms with Gasteiger partial charge in [-0.25, -0.2) is 9.67 Å². The summed E-state index contributed by atoms with van der Waals surface area (Å²) in [6.07, 6.45) is 3.57. The van der Waals surface area contributed by atoms with Crippen LogP contribution in [-0.4, -0.2) is 20.5 Å². The quantitative estimate of drug-likeness (QED) is 0.705. The molecule has 0 amide bonds. The summed E-state index contributed by atoms with van der Waals surface area (Å²) in [5, 5.41) is 3.87. The summed E-state index contributed by atoms with van der Waals surface area (Å²) in [6, 6.07) is 0. The monoisotopic (exact) mass is 181 g/mol. The third-order valence-corrected chi connectivity index (χ3v) is 1.53. The fraction of sp³-hybridized carbons (Fsp3) is 0.667. The second-order valence-electron chi connectivity index (χ2n) is 4.37. The summed E-state index contributed by atoms with van der Waals surface area (Å²) >= 11 is 0. The summed E-state index contributed by atoms with van der Waals surface area (Å²) in [5.41, 5.74) is 0.0532. The van der Waals surface area contributed by atoms with Crippen LogP contribution in [0.4, 0.5) is 0 Å². The average Bonchev–Trinajstić information content (AvgIpc) is 2.34. The van der Waals surface area contributed by atoms with Crippen molar-refractivity contribution in [3.05, 3.63) is 12.7 Å². The zero-order chi connectivity index (χ0) is 9.90. The molecular weight excluding hydrogens is 166 g/mol. The first-order valence-corrected chi connectivity index (χ1v) is 4.31. The van der Waals surface area contributed by atoms with Crippen molar-refractivity contribution in [1.82, 2.24) is 14.8 Å². The Morgan fingerprint density at radius 3 is 2.62 bits per heavy atom. The first kappa shape index (κ1) is 9.89. The Kier molecular flexibility index (Phi) is 2.80. The molecule has 0 saturated heterocycles. The smallest absolute Gasteiger partial charge is 0.154 e. The molecule has 13 heavy (non-hydrogen) atoms. The SMILES string of the molecule is CC(C)(C)CC(=O)Cn1cncn1. The van der Waals surface area contributed by atoms with Gasteiger partial charge in [0, 0.05) is 6.42 Å². The van der Waals surface area contributed by atoms with Gasteiger partial charge in [0.25, 0.3) is 0 Å². The number of carbonyl (C=O) groups is 1. The van der Waals surface area contributed by atoms with E-state index in [1.165, 1.54) is 6.33 Å². The van der Waals surface area contributed by atoms with Gasteiger partial charge in [-0.15, -0.1) is 0 Å². The average molecular weight is 181 g/mol. The molecule has 0 N–H and O–H groups in total. The van der Waals surface area contributed by atoms with Gasteiger partial charge in [0.05, 0.1) is 0 Å². The normalized spacial score (nSPS) is 11.6. The van der Waals surface area contributed by atoms with Crippen LogP contribution >= 0.6 is 0 Å². The Hall–Kier alpha value is -1.19. The Labute approximate surface area is 78.0 Å². The number of carbonyl (C=O) groups excluding carboxylic acids is 1. The van der Waals surface area contributed by atoms with Gasteiger partial charge in [-0.3, -0.25) is 4.79 Å². The van der Waals surface area contributed by atoms with E-state index < -0.39 is 0 Å². The van der Waals surface area contributed by atoms with E-state index in [4.69, 9.17) is 0 Å². The lowest BCUT2D eigenvalue weighted by molar-refractivity contribution is -0.121. The van der Waals surface area contributed by atoms with Crippen LogP contribution in [0.15, 0.2) is 12.7 Å². The largest absolute Gasteiger partial charge is 0.298 e. The maximum atomic E-state index is 11.4. The van der Waals surface area contributed by atoms with Gasteiger partial charge in [-0.2, -0.15) is 5.10 Å². The Morgan fingerprint density at radius 1 is 1.46 bits per heavy atom. The van der Waals surface area contributed by atoms with Gasteiger partial charge in [-0.1, -0.05) is 20.8 Å². The van der Waals surface area contributed by atoms with Crippen LogP contribution in [0.5, 0.6) is 0 Å². The van der Waals surface area contributed by atoms with Crippen LogP contribution in [0.3, 0.4) is 0 Å². The van der Waals surface area contributed by atoms with E-state index in [0.717, 1.165) is 0 Å². The Balaban J connectivity index is 2.43. The van der Waals surface area contributed by atoms with Crippen LogP contribution in [0.25, 0.3) is 0 Å². The highest BCUT2D eigenvalue weighted by atomic mass is 16.1.